The zero-order chi connectivity index (χ0) is 17.1. The number of rotatable bonds is 5. The zero-order valence-corrected chi connectivity index (χ0v) is 15.5. The molecule has 5 heteroatoms. The van der Waals surface area contributed by atoms with Crippen LogP contribution in [0.4, 0.5) is 0 Å². The Bertz CT molecular complexity index is 751. The molecule has 0 saturated heterocycles. The molecular weight excluding hydrogens is 334 g/mol. The van der Waals surface area contributed by atoms with Gasteiger partial charge in [-0.1, -0.05) is 0 Å². The SMILES string of the molecule is O=S(=O)(NCCC12CC3CC(CC(C3)C1)C2)c1ccc2c(c1)CCO2. The normalized spacial score (nSPS) is 35.6. The summed E-state index contributed by atoms with van der Waals surface area (Å²) in [5.74, 6) is 3.58. The van der Waals surface area contributed by atoms with Crippen molar-refractivity contribution in [3.63, 3.8) is 0 Å². The van der Waals surface area contributed by atoms with Gasteiger partial charge in [0.1, 0.15) is 5.75 Å². The average molecular weight is 362 g/mol. The van der Waals surface area contributed by atoms with Crippen molar-refractivity contribution in [3.8, 4) is 5.75 Å². The predicted octanol–water partition coefficient (Wildman–Crippen LogP) is 3.51. The molecule has 1 N–H and O–H groups in total. The van der Waals surface area contributed by atoms with Crippen LogP contribution in [0.25, 0.3) is 0 Å². The maximum atomic E-state index is 12.7. The second-order valence-electron chi connectivity index (χ2n) is 8.93. The number of nitrogens with one attached hydrogen (secondary N) is 1. The number of sulfonamides is 1. The maximum Gasteiger partial charge on any atom is 0.240 e. The number of hydrogen-bond acceptors (Lipinski definition) is 3. The van der Waals surface area contributed by atoms with E-state index in [0.717, 1.165) is 41.9 Å². The fraction of sp³-hybridized carbons (Fsp3) is 0.700. The summed E-state index contributed by atoms with van der Waals surface area (Å²) in [5.41, 5.74) is 1.42. The molecular formula is C20H27NO3S. The highest BCUT2D eigenvalue weighted by molar-refractivity contribution is 7.89. The van der Waals surface area contributed by atoms with Crippen molar-refractivity contribution in [2.24, 2.45) is 23.2 Å². The summed E-state index contributed by atoms with van der Waals surface area (Å²) >= 11 is 0. The van der Waals surface area contributed by atoms with E-state index >= 15 is 0 Å². The van der Waals surface area contributed by atoms with Crippen LogP contribution in [-0.4, -0.2) is 21.6 Å². The molecule has 0 aromatic heterocycles. The van der Waals surface area contributed by atoms with Crippen LogP contribution in [0.2, 0.25) is 0 Å². The first-order valence-electron chi connectivity index (χ1n) is 9.77. The number of hydrogen-bond donors (Lipinski definition) is 1. The van der Waals surface area contributed by atoms with Crippen molar-refractivity contribution < 1.29 is 13.2 Å². The lowest BCUT2D eigenvalue weighted by molar-refractivity contribution is -0.0561. The third-order valence-electron chi connectivity index (χ3n) is 7.08. The molecule has 0 radical (unpaired) electrons. The van der Waals surface area contributed by atoms with E-state index < -0.39 is 10.0 Å². The lowest BCUT2D eigenvalue weighted by atomic mass is 9.49. The van der Waals surface area contributed by atoms with Gasteiger partial charge in [0.05, 0.1) is 11.5 Å². The Morgan fingerprint density at radius 1 is 1.08 bits per heavy atom. The molecule has 25 heavy (non-hydrogen) atoms. The van der Waals surface area contributed by atoms with Crippen LogP contribution in [0.5, 0.6) is 5.75 Å². The predicted molar refractivity (Wildman–Crippen MR) is 96.1 cm³/mol. The van der Waals surface area contributed by atoms with Crippen LogP contribution in [-0.2, 0) is 16.4 Å². The first kappa shape index (κ1) is 16.1. The van der Waals surface area contributed by atoms with Gasteiger partial charge >= 0.3 is 0 Å². The Morgan fingerprint density at radius 2 is 1.76 bits per heavy atom. The van der Waals surface area contributed by atoms with Crippen molar-refractivity contribution in [1.29, 1.82) is 0 Å². The van der Waals surface area contributed by atoms with E-state index in [-0.39, 0.29) is 0 Å². The summed E-state index contributed by atoms with van der Waals surface area (Å²) in [4.78, 5) is 0.377. The molecule has 1 heterocycles. The highest BCUT2D eigenvalue weighted by atomic mass is 32.2. The lowest BCUT2D eigenvalue weighted by Gasteiger charge is -2.57. The van der Waals surface area contributed by atoms with Gasteiger partial charge in [0.25, 0.3) is 0 Å². The Morgan fingerprint density at radius 3 is 2.44 bits per heavy atom. The molecule has 4 aliphatic carbocycles. The summed E-state index contributed by atoms with van der Waals surface area (Å²) in [7, 11) is -3.42. The van der Waals surface area contributed by atoms with Crippen molar-refractivity contribution in [2.45, 2.75) is 56.3 Å². The third kappa shape index (κ3) is 2.89. The summed E-state index contributed by atoms with van der Waals surface area (Å²) in [6.45, 7) is 1.22. The Balaban J connectivity index is 1.25. The minimum Gasteiger partial charge on any atom is -0.493 e. The van der Waals surface area contributed by atoms with Crippen molar-refractivity contribution >= 4 is 10.0 Å². The fourth-order valence-electron chi connectivity index (χ4n) is 6.46. The van der Waals surface area contributed by atoms with Gasteiger partial charge in [0.15, 0.2) is 0 Å². The average Bonchev–Trinajstić information content (AvgIpc) is 3.00. The highest BCUT2D eigenvalue weighted by Gasteiger charge is 2.50. The molecule has 0 atom stereocenters. The van der Waals surface area contributed by atoms with Crippen molar-refractivity contribution in [3.05, 3.63) is 23.8 Å². The van der Waals surface area contributed by atoms with Crippen LogP contribution in [0.15, 0.2) is 23.1 Å². The Labute approximate surface area is 150 Å². The quantitative estimate of drug-likeness (QED) is 0.873. The molecule has 0 spiro atoms. The van der Waals surface area contributed by atoms with Gasteiger partial charge in [-0.25, -0.2) is 13.1 Å². The zero-order valence-electron chi connectivity index (χ0n) is 14.7. The van der Waals surface area contributed by atoms with E-state index in [2.05, 4.69) is 4.72 Å². The van der Waals surface area contributed by atoms with E-state index in [1.165, 1.54) is 38.5 Å². The molecule has 0 unspecified atom stereocenters. The van der Waals surface area contributed by atoms with Gasteiger partial charge in [-0.2, -0.15) is 0 Å². The van der Waals surface area contributed by atoms with Crippen molar-refractivity contribution in [2.75, 3.05) is 13.2 Å². The maximum absolute atomic E-state index is 12.7. The second-order valence-corrected chi connectivity index (χ2v) is 10.7. The molecule has 4 nitrogen and oxygen atoms in total. The van der Waals surface area contributed by atoms with Crippen LogP contribution in [0.3, 0.4) is 0 Å². The fourth-order valence-corrected chi connectivity index (χ4v) is 7.54. The van der Waals surface area contributed by atoms with E-state index in [1.807, 2.05) is 0 Å². The number of ether oxygens (including phenoxy) is 1. The molecule has 1 aliphatic heterocycles. The smallest absolute Gasteiger partial charge is 0.240 e. The highest BCUT2D eigenvalue weighted by Crippen LogP contribution is 2.61. The Hall–Kier alpha value is -1.07. The lowest BCUT2D eigenvalue weighted by Crippen LogP contribution is -2.47. The standard InChI is InChI=1S/C20H27NO3S/c22-25(23,18-1-2-19-17(10-18)3-6-24-19)21-5-4-20-11-14-7-15(12-20)9-16(8-14)13-20/h1-2,10,14-16,21H,3-9,11-13H2. The summed E-state index contributed by atoms with van der Waals surface area (Å²) in [6.07, 6.45) is 10.1. The van der Waals surface area contributed by atoms with Crippen molar-refractivity contribution in [1.82, 2.24) is 4.72 Å². The third-order valence-corrected chi connectivity index (χ3v) is 8.54. The molecule has 4 saturated carbocycles. The van der Waals surface area contributed by atoms with Crippen LogP contribution >= 0.6 is 0 Å². The second kappa shape index (κ2) is 5.71. The molecule has 1 aromatic rings. The Kier molecular flexibility index (Phi) is 3.69. The number of fused-ring (bicyclic) bond motifs is 1. The summed E-state index contributed by atoms with van der Waals surface area (Å²) in [6, 6.07) is 5.22. The van der Waals surface area contributed by atoms with E-state index in [4.69, 9.17) is 4.74 Å². The van der Waals surface area contributed by atoms with Gasteiger partial charge in [-0.15, -0.1) is 0 Å². The van der Waals surface area contributed by atoms with E-state index in [1.54, 1.807) is 18.2 Å². The van der Waals surface area contributed by atoms with Gasteiger partial charge in [-0.05, 0) is 91.9 Å². The van der Waals surface area contributed by atoms with Gasteiger partial charge in [0, 0.05) is 13.0 Å². The van der Waals surface area contributed by atoms with Gasteiger partial charge < -0.3 is 4.74 Å². The molecule has 6 rings (SSSR count). The summed E-state index contributed by atoms with van der Waals surface area (Å²) in [5, 5.41) is 0. The molecule has 4 bridgehead atoms. The molecule has 136 valence electrons. The molecule has 1 aromatic carbocycles. The molecule has 0 amide bonds. The van der Waals surface area contributed by atoms with Crippen LogP contribution in [0.1, 0.15) is 50.5 Å². The van der Waals surface area contributed by atoms with Gasteiger partial charge in [0.2, 0.25) is 10.0 Å². The number of benzene rings is 1. The minimum absolute atomic E-state index is 0.377. The molecule has 4 fully saturated rings. The molecule has 5 aliphatic rings. The first-order chi connectivity index (χ1) is 12.0. The monoisotopic (exact) mass is 361 g/mol. The summed E-state index contributed by atoms with van der Waals surface area (Å²) < 4.78 is 33.7. The van der Waals surface area contributed by atoms with Crippen LogP contribution in [0, 0.1) is 23.2 Å². The topological polar surface area (TPSA) is 55.4 Å². The first-order valence-corrected chi connectivity index (χ1v) is 11.3. The van der Waals surface area contributed by atoms with Crippen LogP contribution < -0.4 is 9.46 Å². The van der Waals surface area contributed by atoms with E-state index in [0.29, 0.717) is 23.5 Å². The van der Waals surface area contributed by atoms with E-state index in [9.17, 15) is 8.42 Å². The largest absolute Gasteiger partial charge is 0.493 e. The van der Waals surface area contributed by atoms with Gasteiger partial charge in [-0.3, -0.25) is 0 Å². The minimum atomic E-state index is -3.42.